The van der Waals surface area contributed by atoms with Crippen LogP contribution in [-0.4, -0.2) is 56.7 Å². The monoisotopic (exact) mass is 397 g/mol. The van der Waals surface area contributed by atoms with E-state index in [1.54, 1.807) is 6.07 Å². The number of rotatable bonds is 6. The van der Waals surface area contributed by atoms with Crippen molar-refractivity contribution in [1.82, 2.24) is 5.32 Å². The Balaban J connectivity index is 1.43. The minimum Gasteiger partial charge on any atom is -0.483 e. The van der Waals surface area contributed by atoms with Gasteiger partial charge in [0, 0.05) is 18.0 Å². The number of carbonyl (C=O) groups excluding carboxylic acids is 2. The highest BCUT2D eigenvalue weighted by atomic mass is 32.2. The molecule has 2 heterocycles. The molecule has 1 N–H and O–H groups in total. The third kappa shape index (κ3) is 5.12. The third-order valence-electron chi connectivity index (χ3n) is 4.36. The van der Waals surface area contributed by atoms with E-state index < -0.39 is 34.4 Å². The van der Waals surface area contributed by atoms with Gasteiger partial charge in [-0.15, -0.1) is 0 Å². The number of esters is 1. The van der Waals surface area contributed by atoms with Gasteiger partial charge >= 0.3 is 5.97 Å². The van der Waals surface area contributed by atoms with E-state index >= 15 is 0 Å². The van der Waals surface area contributed by atoms with Gasteiger partial charge < -0.3 is 19.5 Å². The molecule has 0 radical (unpaired) electrons. The first-order chi connectivity index (χ1) is 12.6. The van der Waals surface area contributed by atoms with E-state index in [0.29, 0.717) is 17.9 Å². The molecule has 27 heavy (non-hydrogen) atoms. The predicted molar refractivity (Wildman–Crippen MR) is 96.5 cm³/mol. The number of hydrogen-bond donors (Lipinski definition) is 1. The van der Waals surface area contributed by atoms with Gasteiger partial charge in [-0.05, 0) is 26.3 Å². The molecular weight excluding hydrogens is 374 g/mol. The highest BCUT2D eigenvalue weighted by Gasteiger charge is 2.32. The predicted octanol–water partition coefficient (Wildman–Crippen LogP) is 0.625. The minimum absolute atomic E-state index is 0.0614. The van der Waals surface area contributed by atoms with Crippen LogP contribution in [-0.2, 0) is 30.6 Å². The van der Waals surface area contributed by atoms with Gasteiger partial charge in [0.05, 0.1) is 11.5 Å². The Morgan fingerprint density at radius 2 is 2.07 bits per heavy atom. The number of sulfone groups is 1. The standard InChI is InChI=1S/C18H23NO7S/c1-18(2)8-12-4-3-5-14(17(12)26-18)24-10-16(21)25-9-15(20)19-13-6-7-27(22,23)11-13/h3-5,13H,6-11H2,1-2H3,(H,19,20)/t13-/m1/s1. The molecule has 1 aromatic carbocycles. The normalized spacial score (nSPS) is 21.8. The van der Waals surface area contributed by atoms with Crippen molar-refractivity contribution in [3.05, 3.63) is 23.8 Å². The lowest BCUT2D eigenvalue weighted by Crippen LogP contribution is -2.38. The summed E-state index contributed by atoms with van der Waals surface area (Å²) in [5.74, 6) is -0.168. The average molecular weight is 397 g/mol. The van der Waals surface area contributed by atoms with Crippen molar-refractivity contribution in [1.29, 1.82) is 0 Å². The van der Waals surface area contributed by atoms with Crippen LogP contribution < -0.4 is 14.8 Å². The van der Waals surface area contributed by atoms with E-state index in [1.165, 1.54) is 0 Å². The molecule has 0 spiro atoms. The number of benzene rings is 1. The third-order valence-corrected chi connectivity index (χ3v) is 6.13. The van der Waals surface area contributed by atoms with Gasteiger partial charge in [0.2, 0.25) is 0 Å². The van der Waals surface area contributed by atoms with E-state index in [4.69, 9.17) is 14.2 Å². The molecule has 2 aliphatic rings. The number of amides is 1. The lowest BCUT2D eigenvalue weighted by atomic mass is 10.0. The maximum Gasteiger partial charge on any atom is 0.344 e. The van der Waals surface area contributed by atoms with Crippen LogP contribution in [0.2, 0.25) is 0 Å². The fourth-order valence-electron chi connectivity index (χ4n) is 3.20. The van der Waals surface area contributed by atoms with Gasteiger partial charge in [-0.2, -0.15) is 0 Å². The van der Waals surface area contributed by atoms with Gasteiger partial charge in [0.15, 0.2) is 34.6 Å². The Bertz CT molecular complexity index is 847. The van der Waals surface area contributed by atoms with Gasteiger partial charge in [0.25, 0.3) is 5.91 Å². The van der Waals surface area contributed by atoms with Crippen molar-refractivity contribution >= 4 is 21.7 Å². The van der Waals surface area contributed by atoms with Crippen LogP contribution in [0.4, 0.5) is 0 Å². The van der Waals surface area contributed by atoms with Crippen molar-refractivity contribution < 1.29 is 32.2 Å². The number of hydrogen-bond acceptors (Lipinski definition) is 7. The molecule has 148 valence electrons. The largest absolute Gasteiger partial charge is 0.483 e. The first kappa shape index (κ1) is 19.5. The van der Waals surface area contributed by atoms with Crippen LogP contribution >= 0.6 is 0 Å². The molecule has 1 amide bonds. The van der Waals surface area contributed by atoms with Gasteiger partial charge in [0.1, 0.15) is 5.60 Å². The van der Waals surface area contributed by atoms with Crippen molar-refractivity contribution in [2.75, 3.05) is 24.7 Å². The topological polar surface area (TPSA) is 108 Å². The van der Waals surface area contributed by atoms with E-state index in [2.05, 4.69) is 5.32 Å². The second kappa shape index (κ2) is 7.38. The molecule has 1 fully saturated rings. The summed E-state index contributed by atoms with van der Waals surface area (Å²) >= 11 is 0. The first-order valence-corrected chi connectivity index (χ1v) is 10.5. The summed E-state index contributed by atoms with van der Waals surface area (Å²) in [5, 5.41) is 2.55. The smallest absolute Gasteiger partial charge is 0.344 e. The van der Waals surface area contributed by atoms with E-state index in [0.717, 1.165) is 12.0 Å². The van der Waals surface area contributed by atoms with E-state index in [9.17, 15) is 18.0 Å². The van der Waals surface area contributed by atoms with E-state index in [1.807, 2.05) is 26.0 Å². The summed E-state index contributed by atoms with van der Waals surface area (Å²) in [6.45, 7) is 3.11. The lowest BCUT2D eigenvalue weighted by molar-refractivity contribution is -0.150. The van der Waals surface area contributed by atoms with Crippen molar-refractivity contribution in [3.8, 4) is 11.5 Å². The van der Waals surface area contributed by atoms with Gasteiger partial charge in [-0.1, -0.05) is 12.1 Å². The maximum absolute atomic E-state index is 11.8. The first-order valence-electron chi connectivity index (χ1n) is 8.73. The molecule has 0 bridgehead atoms. The molecule has 1 saturated heterocycles. The van der Waals surface area contributed by atoms with Crippen molar-refractivity contribution in [2.24, 2.45) is 0 Å². The molecule has 2 aliphatic heterocycles. The van der Waals surface area contributed by atoms with Crippen molar-refractivity contribution in [2.45, 2.75) is 38.3 Å². The Labute approximate surface area is 158 Å². The average Bonchev–Trinajstić information content (AvgIpc) is 3.07. The zero-order valence-corrected chi connectivity index (χ0v) is 16.1. The van der Waals surface area contributed by atoms with Crippen LogP contribution in [0.15, 0.2) is 18.2 Å². The summed E-state index contributed by atoms with van der Waals surface area (Å²) in [6.07, 6.45) is 1.13. The molecule has 0 aliphatic carbocycles. The zero-order chi connectivity index (χ0) is 19.7. The van der Waals surface area contributed by atoms with Crippen LogP contribution in [0.5, 0.6) is 11.5 Å². The van der Waals surface area contributed by atoms with Gasteiger partial charge in [-0.3, -0.25) is 4.79 Å². The highest BCUT2D eigenvalue weighted by molar-refractivity contribution is 7.91. The number of nitrogens with one attached hydrogen (secondary N) is 1. The highest BCUT2D eigenvalue weighted by Crippen LogP contribution is 2.41. The second-order valence-electron chi connectivity index (χ2n) is 7.40. The summed E-state index contributed by atoms with van der Waals surface area (Å²) in [4.78, 5) is 23.6. The fraction of sp³-hybridized carbons (Fsp3) is 0.556. The Morgan fingerprint density at radius 1 is 1.30 bits per heavy atom. The van der Waals surface area contributed by atoms with Gasteiger partial charge in [-0.25, -0.2) is 13.2 Å². The molecule has 8 nitrogen and oxygen atoms in total. The van der Waals surface area contributed by atoms with Crippen LogP contribution in [0.1, 0.15) is 25.8 Å². The number of carbonyl (C=O) groups is 2. The summed E-state index contributed by atoms with van der Waals surface area (Å²) in [5.41, 5.74) is 0.686. The second-order valence-corrected chi connectivity index (χ2v) is 9.63. The van der Waals surface area contributed by atoms with Crippen LogP contribution in [0.3, 0.4) is 0 Å². The Morgan fingerprint density at radius 3 is 2.78 bits per heavy atom. The fourth-order valence-corrected chi connectivity index (χ4v) is 4.88. The summed E-state index contributed by atoms with van der Waals surface area (Å²) in [6, 6.07) is 5.06. The van der Waals surface area contributed by atoms with Crippen LogP contribution in [0.25, 0.3) is 0 Å². The molecule has 0 aromatic heterocycles. The Kier molecular flexibility index (Phi) is 5.32. The lowest BCUT2D eigenvalue weighted by Gasteiger charge is -2.18. The molecule has 1 aromatic rings. The SMILES string of the molecule is CC1(C)Cc2cccc(OCC(=O)OCC(=O)N[C@@H]3CCS(=O)(=O)C3)c2O1. The van der Waals surface area contributed by atoms with Crippen LogP contribution in [0, 0.1) is 0 Å². The number of ether oxygens (including phenoxy) is 3. The molecule has 9 heteroatoms. The zero-order valence-electron chi connectivity index (χ0n) is 15.3. The molecule has 3 rings (SSSR count). The molecule has 0 saturated carbocycles. The maximum atomic E-state index is 11.8. The quantitative estimate of drug-likeness (QED) is 0.701. The molecular formula is C18H23NO7S. The summed E-state index contributed by atoms with van der Waals surface area (Å²) in [7, 11) is -3.08. The number of para-hydroxylation sites is 1. The molecule has 1 atom stereocenters. The Hall–Kier alpha value is -2.29. The van der Waals surface area contributed by atoms with E-state index in [-0.39, 0.29) is 23.7 Å². The number of fused-ring (bicyclic) bond motifs is 1. The minimum atomic E-state index is -3.08. The van der Waals surface area contributed by atoms with Crippen molar-refractivity contribution in [3.63, 3.8) is 0 Å². The summed E-state index contributed by atoms with van der Waals surface area (Å²) < 4.78 is 39.0. The molecule has 0 unspecified atom stereocenters.